The first kappa shape index (κ1) is 31.8. The lowest BCUT2D eigenvalue weighted by atomic mass is 9.98. The van der Waals surface area contributed by atoms with Gasteiger partial charge in [0.05, 0.1) is 19.3 Å². The molecule has 4 rings (SSSR count). The van der Waals surface area contributed by atoms with Gasteiger partial charge in [-0.3, -0.25) is 0 Å². The van der Waals surface area contributed by atoms with E-state index in [2.05, 4.69) is 0 Å². The summed E-state index contributed by atoms with van der Waals surface area (Å²) in [5.41, 5.74) is 1.34. The van der Waals surface area contributed by atoms with Crippen LogP contribution in [0.25, 0.3) is 6.08 Å². The Hall–Kier alpha value is -3.11. The average molecular weight is 593 g/mol. The largest absolute Gasteiger partial charge is 0.504 e. The van der Waals surface area contributed by atoms with Crippen LogP contribution >= 0.6 is 0 Å². The predicted octanol–water partition coefficient (Wildman–Crippen LogP) is -0.427. The zero-order valence-corrected chi connectivity index (χ0v) is 22.7. The Bertz CT molecular complexity index is 1190. The molecular weight excluding hydrogens is 556 g/mol. The maximum atomic E-state index is 12.6. The van der Waals surface area contributed by atoms with Gasteiger partial charge in [-0.15, -0.1) is 0 Å². The minimum atomic E-state index is -1.67. The second-order valence-electron chi connectivity index (χ2n) is 10.1. The van der Waals surface area contributed by atoms with E-state index in [0.29, 0.717) is 5.56 Å². The Morgan fingerprint density at radius 1 is 0.833 bits per heavy atom. The van der Waals surface area contributed by atoms with Crippen molar-refractivity contribution in [3.05, 3.63) is 65.7 Å². The van der Waals surface area contributed by atoms with Crippen LogP contribution in [0.15, 0.2) is 54.6 Å². The number of benzene rings is 2. The van der Waals surface area contributed by atoms with Gasteiger partial charge in [0.25, 0.3) is 0 Å². The third-order valence-corrected chi connectivity index (χ3v) is 7.05. The summed E-state index contributed by atoms with van der Waals surface area (Å²) in [5.74, 6) is -1.42. The van der Waals surface area contributed by atoms with E-state index >= 15 is 0 Å². The summed E-state index contributed by atoms with van der Waals surface area (Å²) >= 11 is 0. The molecule has 10 atom stereocenters. The van der Waals surface area contributed by atoms with E-state index in [1.54, 1.807) is 30.3 Å². The Kier molecular flexibility index (Phi) is 10.9. The van der Waals surface area contributed by atoms with Gasteiger partial charge in [0.2, 0.25) is 0 Å². The van der Waals surface area contributed by atoms with Gasteiger partial charge in [0.15, 0.2) is 30.2 Å². The molecule has 2 aliphatic rings. The van der Waals surface area contributed by atoms with Crippen LogP contribution in [0.2, 0.25) is 0 Å². The van der Waals surface area contributed by atoms with Gasteiger partial charge in [-0.2, -0.15) is 0 Å². The lowest BCUT2D eigenvalue weighted by Crippen LogP contribution is -2.62. The molecule has 0 radical (unpaired) electrons. The van der Waals surface area contributed by atoms with E-state index < -0.39 is 74.0 Å². The fraction of sp³-hybridized carbons (Fsp3) is 0.483. The summed E-state index contributed by atoms with van der Waals surface area (Å²) in [6.45, 7) is 1.02. The lowest BCUT2D eigenvalue weighted by molar-refractivity contribution is -0.328. The Balaban J connectivity index is 1.44. The number of carbonyl (C=O) groups excluding carboxylic acids is 1. The van der Waals surface area contributed by atoms with Crippen LogP contribution in [0.5, 0.6) is 11.5 Å². The molecular formula is C29H36O13. The third-order valence-electron chi connectivity index (χ3n) is 7.05. The van der Waals surface area contributed by atoms with Crippen molar-refractivity contribution < 1.29 is 64.2 Å². The summed E-state index contributed by atoms with van der Waals surface area (Å²) in [5, 5.41) is 71.2. The van der Waals surface area contributed by atoms with E-state index in [-0.39, 0.29) is 24.5 Å². The van der Waals surface area contributed by atoms with Crippen LogP contribution in [0.1, 0.15) is 18.1 Å². The highest BCUT2D eigenvalue weighted by Gasteiger charge is 2.49. The number of rotatable bonds is 10. The molecule has 0 aromatic heterocycles. The fourth-order valence-corrected chi connectivity index (χ4v) is 4.58. The molecule has 42 heavy (non-hydrogen) atoms. The highest BCUT2D eigenvalue weighted by Crippen LogP contribution is 2.29. The number of hydrogen-bond donors (Lipinski definition) is 7. The number of carbonyl (C=O) groups is 1. The van der Waals surface area contributed by atoms with Crippen LogP contribution in [-0.2, 0) is 34.9 Å². The van der Waals surface area contributed by atoms with E-state index in [9.17, 15) is 40.5 Å². The minimum Gasteiger partial charge on any atom is -0.504 e. The van der Waals surface area contributed by atoms with E-state index in [4.69, 9.17) is 23.7 Å². The van der Waals surface area contributed by atoms with Crippen molar-refractivity contribution in [1.82, 2.24) is 0 Å². The number of aromatic hydroxyl groups is 2. The summed E-state index contributed by atoms with van der Waals surface area (Å²) in [4.78, 5) is 12.6. The van der Waals surface area contributed by atoms with Crippen LogP contribution in [0, 0.1) is 0 Å². The Morgan fingerprint density at radius 2 is 1.52 bits per heavy atom. The second kappa shape index (κ2) is 14.4. The smallest absolute Gasteiger partial charge is 0.331 e. The average Bonchev–Trinajstić information content (AvgIpc) is 2.98. The normalized spacial score (nSPS) is 33.5. The van der Waals surface area contributed by atoms with Crippen LogP contribution in [0.4, 0.5) is 0 Å². The van der Waals surface area contributed by atoms with Crippen molar-refractivity contribution >= 4 is 12.0 Å². The molecule has 0 amide bonds. The first-order chi connectivity index (χ1) is 20.0. The standard InChI is InChI=1S/C29H36O13/c1-15-22(33)23(34)25(36)29(40-15)39-14-20-27(42-21(32)10-8-16-5-3-2-4-6-16)24(35)26(37)28(41-20)38-12-11-17-7-9-18(30)19(31)13-17/h2-10,13,15,20,22-31,33-37H,11-12,14H2,1H3/b10-8+/t15-,20+,22+,23-,24+,25+,26+,27+,28-,29+/m0/s1. The first-order valence-electron chi connectivity index (χ1n) is 13.4. The topological polar surface area (TPSA) is 205 Å². The highest BCUT2D eigenvalue weighted by molar-refractivity contribution is 5.87. The third kappa shape index (κ3) is 7.83. The summed E-state index contributed by atoms with van der Waals surface area (Å²) < 4.78 is 28.0. The van der Waals surface area contributed by atoms with Crippen LogP contribution in [-0.4, -0.2) is 116 Å². The van der Waals surface area contributed by atoms with Gasteiger partial charge < -0.3 is 59.4 Å². The Morgan fingerprint density at radius 3 is 2.24 bits per heavy atom. The number of esters is 1. The number of ether oxygens (including phenoxy) is 5. The molecule has 13 nitrogen and oxygen atoms in total. The summed E-state index contributed by atoms with van der Waals surface area (Å²) in [7, 11) is 0. The molecule has 230 valence electrons. The van der Waals surface area contributed by atoms with Gasteiger partial charge in [0.1, 0.15) is 36.6 Å². The molecule has 2 aromatic carbocycles. The highest BCUT2D eigenvalue weighted by atomic mass is 16.7. The number of phenols is 2. The molecule has 2 fully saturated rings. The van der Waals surface area contributed by atoms with E-state index in [1.165, 1.54) is 25.1 Å². The van der Waals surface area contributed by atoms with Gasteiger partial charge in [-0.05, 0) is 42.7 Å². The number of aliphatic hydroxyl groups excluding tert-OH is 5. The minimum absolute atomic E-state index is 0.0252. The summed E-state index contributed by atoms with van der Waals surface area (Å²) in [6, 6.07) is 13.2. The van der Waals surface area contributed by atoms with Crippen molar-refractivity contribution in [2.24, 2.45) is 0 Å². The molecule has 2 saturated heterocycles. The molecule has 0 aliphatic carbocycles. The van der Waals surface area contributed by atoms with Crippen LogP contribution < -0.4 is 0 Å². The molecule has 13 heteroatoms. The maximum absolute atomic E-state index is 12.6. The maximum Gasteiger partial charge on any atom is 0.331 e. The molecule has 7 N–H and O–H groups in total. The molecule has 2 aromatic rings. The predicted molar refractivity (Wildman–Crippen MR) is 144 cm³/mol. The van der Waals surface area contributed by atoms with E-state index in [1.807, 2.05) is 6.07 Å². The van der Waals surface area contributed by atoms with Crippen LogP contribution in [0.3, 0.4) is 0 Å². The zero-order valence-electron chi connectivity index (χ0n) is 22.7. The fourth-order valence-electron chi connectivity index (χ4n) is 4.58. The van der Waals surface area contributed by atoms with Crippen molar-refractivity contribution in [2.75, 3.05) is 13.2 Å². The van der Waals surface area contributed by atoms with E-state index in [0.717, 1.165) is 11.6 Å². The SMILES string of the molecule is C[C@@H]1O[C@@H](OC[C@H]2O[C@H](OCCc3ccc(O)c(O)c3)[C@H](O)[C@@H](O)[C@@H]2OC(=O)/C=C/c2ccccc2)[C@H](O)[C@@H](O)[C@@H]1O. The molecule has 0 unspecified atom stereocenters. The number of aliphatic hydroxyl groups is 5. The monoisotopic (exact) mass is 592 g/mol. The lowest BCUT2D eigenvalue weighted by Gasteiger charge is -2.43. The van der Waals surface area contributed by atoms with Crippen molar-refractivity contribution in [3.63, 3.8) is 0 Å². The zero-order chi connectivity index (χ0) is 30.4. The van der Waals surface area contributed by atoms with Gasteiger partial charge in [0, 0.05) is 6.08 Å². The quantitative estimate of drug-likeness (QED) is 0.106. The van der Waals surface area contributed by atoms with Gasteiger partial charge in [-0.1, -0.05) is 36.4 Å². The number of hydrogen-bond acceptors (Lipinski definition) is 13. The number of phenolic OH excluding ortho intramolecular Hbond substituents is 2. The van der Waals surface area contributed by atoms with Crippen molar-refractivity contribution in [1.29, 1.82) is 0 Å². The second-order valence-corrected chi connectivity index (χ2v) is 10.1. The van der Waals surface area contributed by atoms with Gasteiger partial charge in [-0.25, -0.2) is 4.79 Å². The molecule has 0 spiro atoms. The Labute approximate surface area is 241 Å². The molecule has 0 bridgehead atoms. The van der Waals surface area contributed by atoms with Crippen molar-refractivity contribution in [3.8, 4) is 11.5 Å². The summed E-state index contributed by atoms with van der Waals surface area (Å²) in [6.07, 6.45) is -11.2. The molecule has 2 heterocycles. The van der Waals surface area contributed by atoms with Gasteiger partial charge >= 0.3 is 5.97 Å². The molecule has 2 aliphatic heterocycles. The molecule has 0 saturated carbocycles. The first-order valence-corrected chi connectivity index (χ1v) is 13.4. The van der Waals surface area contributed by atoms with Crippen molar-refractivity contribution in [2.45, 2.75) is 74.8 Å².